The molecule has 1 rings (SSSR count). The van der Waals surface area contributed by atoms with E-state index < -0.39 is 0 Å². The van der Waals surface area contributed by atoms with Crippen LogP contribution in [0.25, 0.3) is 0 Å². The molecule has 0 atom stereocenters. The second kappa shape index (κ2) is 2.40. The lowest BCUT2D eigenvalue weighted by Gasteiger charge is -1.87. The number of nitrogens with zero attached hydrogens (tertiary/aromatic N) is 1. The molecule has 0 fully saturated rings. The van der Waals surface area contributed by atoms with Crippen molar-refractivity contribution < 1.29 is 5.53 Å². The molecule has 0 spiro atoms. The zero-order valence-electron chi connectivity index (χ0n) is 5.33. The Labute approximate surface area is 54.0 Å². The van der Waals surface area contributed by atoms with Gasteiger partial charge in [-0.25, -0.2) is 0 Å². The van der Waals surface area contributed by atoms with E-state index in [9.17, 15) is 0 Å². The van der Waals surface area contributed by atoms with Crippen LogP contribution in [0.5, 0.6) is 0 Å². The molecular formula is C7H9N2+. The number of nitrogens with two attached hydrogens (primary N) is 1. The van der Waals surface area contributed by atoms with Gasteiger partial charge in [0, 0.05) is 0 Å². The molecule has 0 radical (unpaired) electrons. The summed E-state index contributed by atoms with van der Waals surface area (Å²) in [6.07, 6.45) is 0. The summed E-state index contributed by atoms with van der Waals surface area (Å²) >= 11 is 0. The van der Waals surface area contributed by atoms with Crippen LogP contribution in [-0.4, -0.2) is 0 Å². The lowest BCUT2D eigenvalue weighted by atomic mass is 10.2. The Bertz CT molecular complexity index is 201. The molecule has 2 heteroatoms. The molecule has 1 aromatic carbocycles. The van der Waals surface area contributed by atoms with Crippen LogP contribution >= 0.6 is 0 Å². The molecule has 0 aliphatic heterocycles. The molecule has 0 aromatic heterocycles. The molecule has 0 saturated carbocycles. The largest absolute Gasteiger partial charge is 0.152 e. The van der Waals surface area contributed by atoms with E-state index in [-0.39, 0.29) is 0 Å². The van der Waals surface area contributed by atoms with Gasteiger partial charge in [0.15, 0.2) is 0 Å². The normalized spacial score (nSPS) is 9.00. The Kier molecular flexibility index (Phi) is 1.58. The molecule has 0 unspecified atom stereocenters. The zero-order chi connectivity index (χ0) is 6.69. The van der Waals surface area contributed by atoms with Gasteiger partial charge in [-0.15, -0.1) is 0 Å². The first kappa shape index (κ1) is 5.95. The van der Waals surface area contributed by atoms with Crippen molar-refractivity contribution in [1.82, 2.24) is 0 Å². The Morgan fingerprint density at radius 3 is 2.22 bits per heavy atom. The Morgan fingerprint density at radius 2 is 1.78 bits per heavy atom. The quantitative estimate of drug-likeness (QED) is 0.535. The number of hydrogen-bond acceptors (Lipinski definition) is 1. The van der Waals surface area contributed by atoms with Gasteiger partial charge >= 0.3 is 0 Å². The minimum atomic E-state index is 0.820. The van der Waals surface area contributed by atoms with E-state index in [4.69, 9.17) is 5.53 Å². The standard InChI is InChI=1S/C7H8N2/c1-6-2-4-7(9-8)5-3-6/h2-5,8H,1H3/p+1. The minimum Gasteiger partial charge on any atom is -0.152 e. The second-order valence-corrected chi connectivity index (χ2v) is 1.96. The van der Waals surface area contributed by atoms with Gasteiger partial charge in [0.05, 0.1) is 0 Å². The van der Waals surface area contributed by atoms with E-state index in [0.29, 0.717) is 0 Å². The fourth-order valence-corrected chi connectivity index (χ4v) is 0.631. The summed E-state index contributed by atoms with van der Waals surface area (Å²) < 4.78 is 0. The van der Waals surface area contributed by atoms with Gasteiger partial charge in [-0.3, -0.25) is 0 Å². The lowest BCUT2D eigenvalue weighted by Crippen LogP contribution is -2.21. The summed E-state index contributed by atoms with van der Waals surface area (Å²) in [6.45, 7) is 2.03. The Balaban J connectivity index is 3.01. The van der Waals surface area contributed by atoms with Crippen molar-refractivity contribution in [2.75, 3.05) is 0 Å². The molecular weight excluding hydrogens is 112 g/mol. The van der Waals surface area contributed by atoms with Crippen LogP contribution in [0.15, 0.2) is 29.4 Å². The first-order valence-electron chi connectivity index (χ1n) is 2.80. The second-order valence-electron chi connectivity index (χ2n) is 1.96. The highest BCUT2D eigenvalue weighted by Gasteiger charge is 1.87. The van der Waals surface area contributed by atoms with Crippen LogP contribution in [0.2, 0.25) is 0 Å². The van der Waals surface area contributed by atoms with Crippen molar-refractivity contribution in [2.24, 2.45) is 5.11 Å². The highest BCUT2D eigenvalue weighted by Crippen LogP contribution is 2.09. The van der Waals surface area contributed by atoms with Gasteiger partial charge in [0.2, 0.25) is 0 Å². The maximum atomic E-state index is 5.02. The highest BCUT2D eigenvalue weighted by atomic mass is 14.9. The van der Waals surface area contributed by atoms with Crippen LogP contribution in [0.4, 0.5) is 5.69 Å². The van der Waals surface area contributed by atoms with Crippen molar-refractivity contribution in [2.45, 2.75) is 6.92 Å². The summed E-state index contributed by atoms with van der Waals surface area (Å²) in [6, 6.07) is 7.72. The summed E-state index contributed by atoms with van der Waals surface area (Å²) in [5.41, 5.74) is 7.07. The average Bonchev–Trinajstić information content (AvgIpc) is 1.90. The van der Waals surface area contributed by atoms with Crippen molar-refractivity contribution in [3.05, 3.63) is 29.8 Å². The molecule has 1 aromatic rings. The van der Waals surface area contributed by atoms with Crippen LogP contribution in [0.1, 0.15) is 5.56 Å². The maximum absolute atomic E-state index is 5.02. The van der Waals surface area contributed by atoms with Crippen molar-refractivity contribution in [3.63, 3.8) is 0 Å². The third-order valence-corrected chi connectivity index (χ3v) is 1.18. The first-order chi connectivity index (χ1) is 4.33. The fraction of sp³-hybridized carbons (Fsp3) is 0.143. The number of hydrogen-bond donors (Lipinski definition) is 1. The van der Waals surface area contributed by atoms with Gasteiger partial charge in [-0.2, -0.15) is 5.53 Å². The number of rotatable bonds is 1. The predicted octanol–water partition coefficient (Wildman–Crippen LogP) is 0.838. The molecule has 2 nitrogen and oxygen atoms in total. The molecule has 0 amide bonds. The SMILES string of the molecule is Cc1ccc(N=[NH2+])cc1. The van der Waals surface area contributed by atoms with E-state index in [0.717, 1.165) is 5.69 Å². The topological polar surface area (TPSA) is 38.0 Å². The molecule has 0 bridgehead atoms. The lowest BCUT2D eigenvalue weighted by molar-refractivity contribution is -0.210. The summed E-state index contributed by atoms with van der Waals surface area (Å²) in [5.74, 6) is 0. The van der Waals surface area contributed by atoms with Crippen molar-refractivity contribution in [3.8, 4) is 0 Å². The third kappa shape index (κ3) is 1.35. The maximum Gasteiger partial charge on any atom is 0.129 e. The van der Waals surface area contributed by atoms with Crippen LogP contribution in [-0.2, 0) is 0 Å². The average molecular weight is 121 g/mol. The molecule has 0 aliphatic rings. The first-order valence-corrected chi connectivity index (χ1v) is 2.80. The van der Waals surface area contributed by atoms with Crippen molar-refractivity contribution in [1.29, 1.82) is 0 Å². The van der Waals surface area contributed by atoms with Gasteiger partial charge in [0.25, 0.3) is 0 Å². The monoisotopic (exact) mass is 121 g/mol. The smallest absolute Gasteiger partial charge is 0.129 e. The number of aryl methyl sites for hydroxylation is 1. The molecule has 9 heavy (non-hydrogen) atoms. The van der Waals surface area contributed by atoms with E-state index in [1.165, 1.54) is 5.56 Å². The molecule has 0 aliphatic carbocycles. The van der Waals surface area contributed by atoms with Gasteiger partial charge in [0.1, 0.15) is 5.69 Å². The molecule has 0 heterocycles. The van der Waals surface area contributed by atoms with E-state index in [1.807, 2.05) is 31.2 Å². The Morgan fingerprint density at radius 1 is 1.22 bits per heavy atom. The minimum absolute atomic E-state index is 0.820. The van der Waals surface area contributed by atoms with Gasteiger partial charge in [-0.05, 0) is 24.2 Å². The fourth-order valence-electron chi connectivity index (χ4n) is 0.631. The number of benzene rings is 1. The van der Waals surface area contributed by atoms with Crippen LogP contribution in [0.3, 0.4) is 0 Å². The molecule has 2 N–H and O–H groups in total. The molecule has 46 valence electrons. The van der Waals surface area contributed by atoms with Crippen molar-refractivity contribution >= 4 is 5.69 Å². The molecule has 0 saturated heterocycles. The predicted molar refractivity (Wildman–Crippen MR) is 35.2 cm³/mol. The van der Waals surface area contributed by atoms with Crippen LogP contribution < -0.4 is 5.53 Å². The third-order valence-electron chi connectivity index (χ3n) is 1.18. The van der Waals surface area contributed by atoms with Crippen LogP contribution in [0, 0.1) is 6.92 Å². The van der Waals surface area contributed by atoms with Gasteiger partial charge < -0.3 is 0 Å². The van der Waals surface area contributed by atoms with Gasteiger partial charge in [-0.1, -0.05) is 17.7 Å². The highest BCUT2D eigenvalue weighted by molar-refractivity contribution is 5.36. The zero-order valence-corrected chi connectivity index (χ0v) is 5.33. The van der Waals surface area contributed by atoms with E-state index in [2.05, 4.69) is 5.11 Å². The summed E-state index contributed by atoms with van der Waals surface area (Å²) in [7, 11) is 0. The van der Waals surface area contributed by atoms with E-state index in [1.54, 1.807) is 0 Å². The summed E-state index contributed by atoms with van der Waals surface area (Å²) in [5, 5.41) is 3.51. The summed E-state index contributed by atoms with van der Waals surface area (Å²) in [4.78, 5) is 0. The Hall–Kier alpha value is -1.18. The van der Waals surface area contributed by atoms with E-state index >= 15 is 0 Å².